The van der Waals surface area contributed by atoms with E-state index in [1.165, 1.54) is 0 Å². The van der Waals surface area contributed by atoms with Crippen molar-refractivity contribution in [2.75, 3.05) is 33.4 Å². The number of carbonyl (C=O) groups is 2. The first-order valence-corrected chi connectivity index (χ1v) is 12.1. The van der Waals surface area contributed by atoms with Gasteiger partial charge < -0.3 is 30.9 Å². The minimum atomic E-state index is -0.670. The van der Waals surface area contributed by atoms with Gasteiger partial charge in [-0.15, -0.1) is 0 Å². The second kappa shape index (κ2) is 16.5. The minimum Gasteiger partial charge on any atom is -0.493 e. The van der Waals surface area contributed by atoms with Crippen molar-refractivity contribution in [2.45, 2.75) is 65.0 Å². The molecule has 1 rings (SSSR count). The van der Waals surface area contributed by atoms with Crippen molar-refractivity contribution in [1.82, 2.24) is 10.6 Å². The summed E-state index contributed by atoms with van der Waals surface area (Å²) in [5, 5.41) is 16.4. The fourth-order valence-corrected chi connectivity index (χ4v) is 3.51. The van der Waals surface area contributed by atoms with Gasteiger partial charge in [0.05, 0.1) is 12.2 Å². The minimum absolute atomic E-state index is 0.0295. The number of nitrogens with one attached hydrogen (secondary N) is 2. The highest BCUT2D eigenvalue weighted by molar-refractivity contribution is 5.96. The van der Waals surface area contributed by atoms with Crippen LogP contribution >= 0.6 is 0 Å². The van der Waals surface area contributed by atoms with E-state index in [4.69, 9.17) is 9.47 Å². The summed E-state index contributed by atoms with van der Waals surface area (Å²) >= 11 is 0. The fraction of sp³-hybridized carbons (Fsp3) is 0.680. The van der Waals surface area contributed by atoms with Crippen LogP contribution in [0.5, 0.6) is 5.75 Å². The number of ether oxygens (including phenoxy) is 2. The third kappa shape index (κ3) is 11.5. The number of carbonyl (C=O) groups excluding carboxylic acids is 2. The van der Waals surface area contributed by atoms with Crippen LogP contribution in [0.25, 0.3) is 0 Å². The topological polar surface area (TPSA) is 125 Å². The van der Waals surface area contributed by atoms with E-state index in [2.05, 4.69) is 23.3 Å². The zero-order chi connectivity index (χ0) is 24.6. The zero-order valence-corrected chi connectivity index (χ0v) is 20.8. The van der Waals surface area contributed by atoms with Crippen molar-refractivity contribution >= 4 is 11.8 Å². The molecule has 2 amide bonds. The number of rotatable bonds is 17. The molecule has 0 saturated heterocycles. The number of quaternary nitrogens is 1. The van der Waals surface area contributed by atoms with Crippen molar-refractivity contribution < 1.29 is 29.9 Å². The summed E-state index contributed by atoms with van der Waals surface area (Å²) in [6, 6.07) is 6.95. The Kier molecular flexibility index (Phi) is 14.4. The summed E-state index contributed by atoms with van der Waals surface area (Å²) < 4.78 is 10.8. The lowest BCUT2D eigenvalue weighted by molar-refractivity contribution is -0.441. The molecule has 1 aromatic carbocycles. The molecule has 0 saturated carbocycles. The highest BCUT2D eigenvalue weighted by Crippen LogP contribution is 2.18. The van der Waals surface area contributed by atoms with Gasteiger partial charge in [0.15, 0.2) is 0 Å². The molecule has 8 heteroatoms. The normalized spacial score (nSPS) is 14.7. The van der Waals surface area contributed by atoms with Crippen LogP contribution in [0, 0.1) is 11.8 Å². The molecule has 33 heavy (non-hydrogen) atoms. The predicted octanol–water partition coefficient (Wildman–Crippen LogP) is 1.77. The monoisotopic (exact) mass is 466 g/mol. The average molecular weight is 467 g/mol. The summed E-state index contributed by atoms with van der Waals surface area (Å²) in [4.78, 5) is 24.8. The van der Waals surface area contributed by atoms with E-state index >= 15 is 0 Å². The first kappa shape index (κ1) is 28.9. The van der Waals surface area contributed by atoms with Gasteiger partial charge in [0, 0.05) is 45.6 Å². The summed E-state index contributed by atoms with van der Waals surface area (Å²) in [5.41, 5.74) is 4.59. The molecule has 1 aromatic rings. The molecule has 0 aliphatic heterocycles. The van der Waals surface area contributed by atoms with Crippen LogP contribution in [0.2, 0.25) is 0 Å². The van der Waals surface area contributed by atoms with Crippen molar-refractivity contribution in [2.24, 2.45) is 11.8 Å². The SMILES string of the molecule is CCCCNC(=O)[C@H](C)C[C@H](O)[C@@H]([NH3+])C[C@@H](C)CNC(=O)c1ccccc1OCCCOC. The van der Waals surface area contributed by atoms with Gasteiger partial charge in [0.2, 0.25) is 5.91 Å². The van der Waals surface area contributed by atoms with Crippen molar-refractivity contribution in [1.29, 1.82) is 0 Å². The molecule has 4 atom stereocenters. The van der Waals surface area contributed by atoms with E-state index in [1.54, 1.807) is 19.2 Å². The maximum Gasteiger partial charge on any atom is 0.255 e. The van der Waals surface area contributed by atoms with Crippen LogP contribution in [0.3, 0.4) is 0 Å². The highest BCUT2D eigenvalue weighted by atomic mass is 16.5. The zero-order valence-electron chi connectivity index (χ0n) is 20.8. The van der Waals surface area contributed by atoms with Gasteiger partial charge in [-0.25, -0.2) is 0 Å². The number of amides is 2. The number of aliphatic hydroxyl groups excluding tert-OH is 1. The van der Waals surface area contributed by atoms with Gasteiger partial charge in [-0.05, 0) is 30.9 Å². The van der Waals surface area contributed by atoms with Gasteiger partial charge in [-0.1, -0.05) is 39.3 Å². The first-order chi connectivity index (χ1) is 15.8. The van der Waals surface area contributed by atoms with Crippen LogP contribution in [0.4, 0.5) is 0 Å². The fourth-order valence-electron chi connectivity index (χ4n) is 3.51. The van der Waals surface area contributed by atoms with Gasteiger partial charge >= 0.3 is 0 Å². The molecule has 0 unspecified atom stereocenters. The van der Waals surface area contributed by atoms with Crippen LogP contribution in [-0.4, -0.2) is 62.5 Å². The van der Waals surface area contributed by atoms with E-state index in [9.17, 15) is 14.7 Å². The third-order valence-corrected chi connectivity index (χ3v) is 5.61. The molecule has 0 fully saturated rings. The number of hydrogen-bond donors (Lipinski definition) is 4. The maximum absolute atomic E-state index is 12.7. The lowest BCUT2D eigenvalue weighted by atomic mass is 9.92. The van der Waals surface area contributed by atoms with Crippen LogP contribution in [-0.2, 0) is 9.53 Å². The molecule has 0 bridgehead atoms. The summed E-state index contributed by atoms with van der Waals surface area (Å²) in [7, 11) is 1.64. The molecule has 0 spiro atoms. The van der Waals surface area contributed by atoms with E-state index < -0.39 is 6.10 Å². The Bertz CT molecular complexity index is 700. The summed E-state index contributed by atoms with van der Waals surface area (Å²) in [5.74, 6) is 0.183. The first-order valence-electron chi connectivity index (χ1n) is 12.1. The number of aliphatic hydroxyl groups is 1. The Morgan fingerprint density at radius 1 is 1.09 bits per heavy atom. The molecular formula is C25H44N3O5+. The Morgan fingerprint density at radius 3 is 2.52 bits per heavy atom. The summed E-state index contributed by atoms with van der Waals surface area (Å²) in [6.07, 6.45) is 3.07. The second-order valence-corrected chi connectivity index (χ2v) is 8.85. The maximum atomic E-state index is 12.7. The van der Waals surface area contributed by atoms with Gasteiger partial charge in [-0.2, -0.15) is 0 Å². The lowest BCUT2D eigenvalue weighted by Crippen LogP contribution is -2.67. The predicted molar refractivity (Wildman–Crippen MR) is 129 cm³/mol. The van der Waals surface area contributed by atoms with E-state index in [-0.39, 0.29) is 29.7 Å². The van der Waals surface area contributed by atoms with Crippen LogP contribution in [0.1, 0.15) is 63.2 Å². The molecule has 0 aliphatic carbocycles. The van der Waals surface area contributed by atoms with Crippen LogP contribution < -0.4 is 21.1 Å². The van der Waals surface area contributed by atoms with E-state index in [1.807, 2.05) is 26.0 Å². The van der Waals surface area contributed by atoms with Crippen molar-refractivity contribution in [3.05, 3.63) is 29.8 Å². The van der Waals surface area contributed by atoms with Gasteiger partial charge in [0.1, 0.15) is 17.9 Å². The van der Waals surface area contributed by atoms with E-state index in [0.29, 0.717) is 50.5 Å². The van der Waals surface area contributed by atoms with Crippen molar-refractivity contribution in [3.8, 4) is 5.75 Å². The quantitative estimate of drug-likeness (QED) is 0.261. The largest absolute Gasteiger partial charge is 0.493 e. The second-order valence-electron chi connectivity index (χ2n) is 8.85. The van der Waals surface area contributed by atoms with E-state index in [0.717, 1.165) is 19.3 Å². The molecule has 8 nitrogen and oxygen atoms in total. The van der Waals surface area contributed by atoms with Gasteiger partial charge in [0.25, 0.3) is 5.91 Å². The number of hydrogen-bond acceptors (Lipinski definition) is 5. The smallest absolute Gasteiger partial charge is 0.255 e. The molecule has 0 aromatic heterocycles. The van der Waals surface area contributed by atoms with Crippen molar-refractivity contribution in [3.63, 3.8) is 0 Å². The number of unbranched alkanes of at least 4 members (excludes halogenated alkanes) is 1. The molecule has 0 heterocycles. The Balaban J connectivity index is 2.45. The summed E-state index contributed by atoms with van der Waals surface area (Å²) in [6.45, 7) is 8.13. The molecule has 0 radical (unpaired) electrons. The third-order valence-electron chi connectivity index (χ3n) is 5.61. The molecule has 188 valence electrons. The molecule has 6 N–H and O–H groups in total. The Labute approximate surface area is 198 Å². The number of para-hydroxylation sites is 1. The average Bonchev–Trinajstić information content (AvgIpc) is 2.80. The Hall–Kier alpha value is -2.16. The number of benzene rings is 1. The van der Waals surface area contributed by atoms with Crippen LogP contribution in [0.15, 0.2) is 24.3 Å². The molecule has 0 aliphatic rings. The Morgan fingerprint density at radius 2 is 1.82 bits per heavy atom. The highest BCUT2D eigenvalue weighted by Gasteiger charge is 2.26. The lowest BCUT2D eigenvalue weighted by Gasteiger charge is -2.22. The molecular weight excluding hydrogens is 422 g/mol. The van der Waals surface area contributed by atoms with Gasteiger partial charge in [-0.3, -0.25) is 9.59 Å². The standard InChI is InChI=1S/C25H43N3O5/c1-5-6-12-27-24(30)19(3)16-22(29)21(26)15-18(2)17-28-25(31)20-10-7-8-11-23(20)33-14-9-13-32-4/h7-8,10-11,18-19,21-22,29H,5-6,9,12-17,26H2,1-4H3,(H,27,30)(H,28,31)/p+1/t18-,19-,21+,22+/m1/s1. The number of methoxy groups -OCH3 is 1.